The van der Waals surface area contributed by atoms with Crippen LogP contribution in [0.4, 0.5) is 0 Å². The highest BCUT2D eigenvalue weighted by Crippen LogP contribution is 2.28. The summed E-state index contributed by atoms with van der Waals surface area (Å²) in [5.74, 6) is 0.917. The molecule has 0 aromatic heterocycles. The number of hydrogen-bond acceptors (Lipinski definition) is 4. The molecule has 0 aliphatic heterocycles. The summed E-state index contributed by atoms with van der Waals surface area (Å²) in [5.41, 5.74) is 1.73. The minimum Gasteiger partial charge on any atom is -0.493 e. The van der Waals surface area contributed by atoms with Gasteiger partial charge in [-0.15, -0.1) is 0 Å². The van der Waals surface area contributed by atoms with Crippen LogP contribution in [-0.4, -0.2) is 26.3 Å². The van der Waals surface area contributed by atoms with Gasteiger partial charge in [-0.1, -0.05) is 24.3 Å². The second-order valence-electron chi connectivity index (χ2n) is 4.43. The topological polar surface area (TPSA) is 52.6 Å². The van der Waals surface area contributed by atoms with Crippen molar-refractivity contribution in [1.29, 1.82) is 0 Å². The van der Waals surface area contributed by atoms with E-state index >= 15 is 0 Å². The Kier molecular flexibility index (Phi) is 4.72. The predicted molar refractivity (Wildman–Crippen MR) is 79.2 cm³/mol. The van der Waals surface area contributed by atoms with Crippen LogP contribution in [-0.2, 0) is 11.2 Å². The number of hydrogen-bond donors (Lipinski definition) is 0. The predicted octanol–water partition coefficient (Wildman–Crippen LogP) is 2.68. The van der Waals surface area contributed by atoms with Gasteiger partial charge in [0.05, 0.1) is 14.2 Å². The molecule has 2 aromatic rings. The van der Waals surface area contributed by atoms with Crippen LogP contribution in [0.25, 0.3) is 0 Å². The van der Waals surface area contributed by atoms with Crippen molar-refractivity contribution in [3.05, 3.63) is 59.2 Å². The van der Waals surface area contributed by atoms with Crippen LogP contribution in [0.5, 0.6) is 11.5 Å². The number of benzene rings is 2. The lowest BCUT2D eigenvalue weighted by molar-refractivity contribution is -0.107. The number of aldehydes is 1. The summed E-state index contributed by atoms with van der Waals surface area (Å²) in [5, 5.41) is 0. The molecule has 0 saturated heterocycles. The standard InChI is InChI=1S/C17H16O4/c1-20-15-8-7-13(11-16(15)21-2)17(19)14-6-4-3-5-12(14)9-10-18/h3-8,10-11H,9H2,1-2H3. The first-order chi connectivity index (χ1) is 10.2. The van der Waals surface area contributed by atoms with Crippen LogP contribution >= 0.6 is 0 Å². The molecule has 0 aliphatic carbocycles. The lowest BCUT2D eigenvalue weighted by Crippen LogP contribution is -2.06. The third-order valence-electron chi connectivity index (χ3n) is 3.21. The summed E-state index contributed by atoms with van der Waals surface area (Å²) in [6, 6.07) is 12.1. The van der Waals surface area contributed by atoms with E-state index in [9.17, 15) is 9.59 Å². The van der Waals surface area contributed by atoms with Crippen LogP contribution in [0.1, 0.15) is 21.5 Å². The Morgan fingerprint density at radius 3 is 2.43 bits per heavy atom. The maximum Gasteiger partial charge on any atom is 0.193 e. The molecule has 0 bridgehead atoms. The van der Waals surface area contributed by atoms with Gasteiger partial charge in [0.2, 0.25) is 0 Å². The van der Waals surface area contributed by atoms with Gasteiger partial charge in [-0.2, -0.15) is 0 Å². The molecule has 0 radical (unpaired) electrons. The van der Waals surface area contributed by atoms with Crippen LogP contribution in [0.3, 0.4) is 0 Å². The molecule has 4 nitrogen and oxygen atoms in total. The maximum atomic E-state index is 12.6. The van der Waals surface area contributed by atoms with Crippen molar-refractivity contribution < 1.29 is 19.1 Å². The van der Waals surface area contributed by atoms with Gasteiger partial charge in [-0.3, -0.25) is 4.79 Å². The van der Waals surface area contributed by atoms with E-state index in [-0.39, 0.29) is 12.2 Å². The SMILES string of the molecule is COc1ccc(C(=O)c2ccccc2CC=O)cc1OC. The van der Waals surface area contributed by atoms with Crippen LogP contribution in [0.15, 0.2) is 42.5 Å². The van der Waals surface area contributed by atoms with Gasteiger partial charge in [0.25, 0.3) is 0 Å². The molecule has 0 saturated carbocycles. The van der Waals surface area contributed by atoms with E-state index in [4.69, 9.17) is 9.47 Å². The Morgan fingerprint density at radius 1 is 1.05 bits per heavy atom. The highest BCUT2D eigenvalue weighted by molar-refractivity contribution is 6.10. The molecule has 2 aromatic carbocycles. The van der Waals surface area contributed by atoms with Crippen molar-refractivity contribution in [2.75, 3.05) is 14.2 Å². The summed E-state index contributed by atoms with van der Waals surface area (Å²) in [7, 11) is 3.06. The van der Waals surface area contributed by atoms with E-state index in [2.05, 4.69) is 0 Å². The Balaban J connectivity index is 2.43. The van der Waals surface area contributed by atoms with Gasteiger partial charge in [-0.05, 0) is 23.8 Å². The van der Waals surface area contributed by atoms with E-state index < -0.39 is 0 Å². The lowest BCUT2D eigenvalue weighted by Gasteiger charge is -2.10. The van der Waals surface area contributed by atoms with Crippen molar-refractivity contribution in [1.82, 2.24) is 0 Å². The second kappa shape index (κ2) is 6.70. The Morgan fingerprint density at radius 2 is 1.76 bits per heavy atom. The zero-order chi connectivity index (χ0) is 15.2. The zero-order valence-electron chi connectivity index (χ0n) is 12.0. The largest absolute Gasteiger partial charge is 0.493 e. The highest BCUT2D eigenvalue weighted by Gasteiger charge is 2.15. The van der Waals surface area contributed by atoms with E-state index in [1.54, 1.807) is 43.5 Å². The van der Waals surface area contributed by atoms with E-state index in [1.165, 1.54) is 7.11 Å². The van der Waals surface area contributed by atoms with Gasteiger partial charge in [-0.25, -0.2) is 0 Å². The van der Waals surface area contributed by atoms with E-state index in [0.717, 1.165) is 6.29 Å². The van der Waals surface area contributed by atoms with Crippen LogP contribution < -0.4 is 9.47 Å². The van der Waals surface area contributed by atoms with Crippen molar-refractivity contribution >= 4 is 12.1 Å². The summed E-state index contributed by atoms with van der Waals surface area (Å²) < 4.78 is 10.4. The van der Waals surface area contributed by atoms with Crippen molar-refractivity contribution in [3.63, 3.8) is 0 Å². The van der Waals surface area contributed by atoms with Gasteiger partial charge >= 0.3 is 0 Å². The number of ether oxygens (including phenoxy) is 2. The first kappa shape index (κ1) is 14.8. The monoisotopic (exact) mass is 284 g/mol. The van der Waals surface area contributed by atoms with Gasteiger partial charge in [0.15, 0.2) is 17.3 Å². The fraction of sp³-hybridized carbons (Fsp3) is 0.176. The first-order valence-corrected chi connectivity index (χ1v) is 6.49. The number of carbonyl (C=O) groups is 2. The lowest BCUT2D eigenvalue weighted by atomic mass is 9.97. The summed E-state index contributed by atoms with van der Waals surface area (Å²) >= 11 is 0. The third kappa shape index (κ3) is 3.11. The molecular formula is C17H16O4. The quantitative estimate of drug-likeness (QED) is 0.604. The maximum absolute atomic E-state index is 12.6. The molecule has 0 fully saturated rings. The van der Waals surface area contributed by atoms with Crippen molar-refractivity contribution in [2.24, 2.45) is 0 Å². The van der Waals surface area contributed by atoms with E-state index in [1.807, 2.05) is 6.07 Å². The molecule has 21 heavy (non-hydrogen) atoms. The van der Waals surface area contributed by atoms with Gasteiger partial charge < -0.3 is 14.3 Å². The number of carbonyl (C=O) groups excluding carboxylic acids is 2. The number of ketones is 1. The first-order valence-electron chi connectivity index (χ1n) is 6.49. The minimum absolute atomic E-state index is 0.145. The third-order valence-corrected chi connectivity index (χ3v) is 3.21. The Hall–Kier alpha value is -2.62. The Labute approximate surface area is 123 Å². The van der Waals surface area contributed by atoms with Crippen LogP contribution in [0, 0.1) is 0 Å². The Bertz CT molecular complexity index is 662. The number of rotatable bonds is 6. The summed E-state index contributed by atoms with van der Waals surface area (Å²) in [6.07, 6.45) is 1.01. The molecule has 0 spiro atoms. The minimum atomic E-state index is -0.145. The second-order valence-corrected chi connectivity index (χ2v) is 4.43. The summed E-state index contributed by atoms with van der Waals surface area (Å²) in [4.78, 5) is 23.3. The number of methoxy groups -OCH3 is 2. The van der Waals surface area contributed by atoms with Crippen molar-refractivity contribution in [2.45, 2.75) is 6.42 Å². The molecule has 2 rings (SSSR count). The summed E-state index contributed by atoms with van der Waals surface area (Å²) in [6.45, 7) is 0. The molecule has 4 heteroatoms. The van der Waals surface area contributed by atoms with Crippen LogP contribution in [0.2, 0.25) is 0 Å². The smallest absolute Gasteiger partial charge is 0.193 e. The molecule has 0 aliphatic rings. The molecule has 0 heterocycles. The fourth-order valence-electron chi connectivity index (χ4n) is 2.14. The normalized spacial score (nSPS) is 10.0. The molecule has 108 valence electrons. The molecule has 0 amide bonds. The average Bonchev–Trinajstić information content (AvgIpc) is 2.54. The van der Waals surface area contributed by atoms with Gasteiger partial charge in [0, 0.05) is 17.5 Å². The molecular weight excluding hydrogens is 268 g/mol. The molecule has 0 N–H and O–H groups in total. The zero-order valence-corrected chi connectivity index (χ0v) is 12.0. The molecule has 0 atom stereocenters. The average molecular weight is 284 g/mol. The fourth-order valence-corrected chi connectivity index (χ4v) is 2.14. The van der Waals surface area contributed by atoms with Gasteiger partial charge in [0.1, 0.15) is 6.29 Å². The molecule has 0 unspecified atom stereocenters. The highest BCUT2D eigenvalue weighted by atomic mass is 16.5. The van der Waals surface area contributed by atoms with E-state index in [0.29, 0.717) is 28.2 Å². The van der Waals surface area contributed by atoms with Crippen molar-refractivity contribution in [3.8, 4) is 11.5 Å².